The van der Waals surface area contributed by atoms with Crippen molar-refractivity contribution in [2.24, 2.45) is 0 Å². The van der Waals surface area contributed by atoms with Gasteiger partial charge in [-0.05, 0) is 49.6 Å². The van der Waals surface area contributed by atoms with Crippen molar-refractivity contribution < 1.29 is 19.0 Å². The van der Waals surface area contributed by atoms with Crippen LogP contribution < -0.4 is 9.64 Å². The summed E-state index contributed by atoms with van der Waals surface area (Å²) in [5.74, 6) is 0.0999. The molecule has 1 N–H and O–H groups in total. The number of carboxylic acid groups (broad SMARTS) is 1. The van der Waals surface area contributed by atoms with Crippen LogP contribution in [0, 0.1) is 5.82 Å². The zero-order valence-electron chi connectivity index (χ0n) is 20.1. The first-order valence-electron chi connectivity index (χ1n) is 11.7. The van der Waals surface area contributed by atoms with Gasteiger partial charge >= 0.3 is 5.97 Å². The molecule has 0 aliphatic heterocycles. The van der Waals surface area contributed by atoms with Crippen molar-refractivity contribution in [3.63, 3.8) is 0 Å². The molecular formula is C27H29FN4O3. The van der Waals surface area contributed by atoms with Crippen LogP contribution in [0.3, 0.4) is 0 Å². The van der Waals surface area contributed by atoms with E-state index in [1.807, 2.05) is 48.5 Å². The number of carboxylic acids is 1. The first kappa shape index (κ1) is 24.2. The van der Waals surface area contributed by atoms with Crippen LogP contribution >= 0.6 is 0 Å². The molecular weight excluding hydrogens is 447 g/mol. The molecule has 0 amide bonds. The van der Waals surface area contributed by atoms with Crippen LogP contribution in [0.25, 0.3) is 22.3 Å². The molecule has 2 heterocycles. The summed E-state index contributed by atoms with van der Waals surface area (Å²) in [4.78, 5) is 21.7. The predicted octanol–water partition coefficient (Wildman–Crippen LogP) is 5.35. The number of aromatic nitrogens is 3. The van der Waals surface area contributed by atoms with E-state index in [4.69, 9.17) is 4.74 Å². The molecule has 2 aromatic heterocycles. The zero-order valence-corrected chi connectivity index (χ0v) is 20.1. The zero-order chi connectivity index (χ0) is 24.9. The average molecular weight is 477 g/mol. The van der Waals surface area contributed by atoms with E-state index < -0.39 is 17.8 Å². The molecule has 8 heteroatoms. The lowest BCUT2D eigenvalue weighted by Crippen LogP contribution is -2.23. The van der Waals surface area contributed by atoms with Crippen LogP contribution in [0.1, 0.15) is 31.9 Å². The summed E-state index contributed by atoms with van der Waals surface area (Å²) in [7, 11) is 1.80. The highest BCUT2D eigenvalue weighted by atomic mass is 19.1. The number of halogens is 1. The second kappa shape index (κ2) is 10.5. The summed E-state index contributed by atoms with van der Waals surface area (Å²) < 4.78 is 22.1. The van der Waals surface area contributed by atoms with Crippen LogP contribution in [0.2, 0.25) is 0 Å². The van der Waals surface area contributed by atoms with Crippen molar-refractivity contribution >= 4 is 22.7 Å². The molecule has 0 saturated heterocycles. The molecule has 0 fully saturated rings. The Morgan fingerprint density at radius 3 is 2.69 bits per heavy atom. The highest BCUT2D eigenvalue weighted by Crippen LogP contribution is 2.25. The molecule has 0 radical (unpaired) electrons. The van der Waals surface area contributed by atoms with Gasteiger partial charge in [0.25, 0.3) is 0 Å². The summed E-state index contributed by atoms with van der Waals surface area (Å²) in [6, 6.07) is 14.8. The second-order valence-corrected chi connectivity index (χ2v) is 8.50. The van der Waals surface area contributed by atoms with Crippen LogP contribution in [-0.2, 0) is 11.2 Å². The summed E-state index contributed by atoms with van der Waals surface area (Å²) in [5.41, 5.74) is 2.91. The third kappa shape index (κ3) is 5.42. The van der Waals surface area contributed by atoms with E-state index >= 15 is 0 Å². The molecule has 35 heavy (non-hydrogen) atoms. The second-order valence-electron chi connectivity index (χ2n) is 8.50. The van der Waals surface area contributed by atoms with Gasteiger partial charge in [0.05, 0.1) is 12.8 Å². The standard InChI is InChI=1S/C27H29FN4O3/c1-4-19-6-8-20(9-7-19)25-29-17-23(28)26(30-25)31(3)13-5-15-35-22-10-11-24-21(16-22)12-14-32(24)18(2)27(33)34/h6-12,14,16-18H,4-5,13,15H2,1-3H3,(H,33,34). The lowest BCUT2D eigenvalue weighted by atomic mass is 10.1. The van der Waals surface area contributed by atoms with Gasteiger partial charge in [0, 0.05) is 36.3 Å². The van der Waals surface area contributed by atoms with Gasteiger partial charge in [-0.3, -0.25) is 0 Å². The van der Waals surface area contributed by atoms with E-state index in [0.29, 0.717) is 31.1 Å². The van der Waals surface area contributed by atoms with E-state index in [0.717, 1.165) is 22.9 Å². The molecule has 0 aliphatic carbocycles. The molecule has 1 atom stereocenters. The number of aliphatic carboxylic acids is 1. The van der Waals surface area contributed by atoms with Crippen molar-refractivity contribution in [1.82, 2.24) is 14.5 Å². The van der Waals surface area contributed by atoms with Gasteiger partial charge in [-0.15, -0.1) is 0 Å². The third-order valence-corrected chi connectivity index (χ3v) is 6.08. The fourth-order valence-corrected chi connectivity index (χ4v) is 3.94. The minimum atomic E-state index is -0.881. The number of nitrogens with zero attached hydrogens (tertiary/aromatic N) is 4. The van der Waals surface area contributed by atoms with Crippen LogP contribution in [0.15, 0.2) is 60.9 Å². The van der Waals surface area contributed by atoms with Gasteiger partial charge in [0.15, 0.2) is 17.5 Å². The van der Waals surface area contributed by atoms with Crippen molar-refractivity contribution in [3.05, 3.63) is 72.3 Å². The van der Waals surface area contributed by atoms with Crippen LogP contribution in [-0.4, -0.2) is 45.8 Å². The first-order valence-corrected chi connectivity index (χ1v) is 11.7. The fourth-order valence-electron chi connectivity index (χ4n) is 3.94. The highest BCUT2D eigenvalue weighted by Gasteiger charge is 2.16. The van der Waals surface area contributed by atoms with E-state index in [-0.39, 0.29) is 5.82 Å². The number of aryl methyl sites for hydroxylation is 1. The van der Waals surface area contributed by atoms with Gasteiger partial charge < -0.3 is 19.3 Å². The largest absolute Gasteiger partial charge is 0.494 e. The predicted molar refractivity (Wildman–Crippen MR) is 134 cm³/mol. The van der Waals surface area contributed by atoms with E-state index in [2.05, 4.69) is 16.9 Å². The molecule has 2 aromatic carbocycles. The Hall–Kier alpha value is -3.94. The number of anilines is 1. The quantitative estimate of drug-likeness (QED) is 0.311. The van der Waals surface area contributed by atoms with Crippen molar-refractivity contribution in [2.45, 2.75) is 32.7 Å². The van der Waals surface area contributed by atoms with Crippen LogP contribution in [0.4, 0.5) is 10.2 Å². The minimum Gasteiger partial charge on any atom is -0.494 e. The third-order valence-electron chi connectivity index (χ3n) is 6.08. The van der Waals surface area contributed by atoms with Gasteiger partial charge in [-0.2, -0.15) is 0 Å². The number of benzene rings is 2. The summed E-state index contributed by atoms with van der Waals surface area (Å²) in [5, 5.41) is 10.2. The Morgan fingerprint density at radius 1 is 1.20 bits per heavy atom. The molecule has 1 unspecified atom stereocenters. The molecule has 0 saturated carbocycles. The van der Waals surface area contributed by atoms with Crippen molar-refractivity contribution in [1.29, 1.82) is 0 Å². The summed E-state index contributed by atoms with van der Waals surface area (Å²) in [6.45, 7) is 4.74. The number of rotatable bonds is 10. The molecule has 0 aliphatic rings. The molecule has 0 bridgehead atoms. The number of hydrogen-bond donors (Lipinski definition) is 1. The topological polar surface area (TPSA) is 80.5 Å². The maximum Gasteiger partial charge on any atom is 0.326 e. The van der Waals surface area contributed by atoms with Crippen molar-refractivity contribution in [3.8, 4) is 17.1 Å². The van der Waals surface area contributed by atoms with E-state index in [1.165, 1.54) is 11.8 Å². The van der Waals surface area contributed by atoms with Gasteiger partial charge in [0.2, 0.25) is 0 Å². The Morgan fingerprint density at radius 2 is 1.97 bits per heavy atom. The molecule has 4 aromatic rings. The van der Waals surface area contributed by atoms with Gasteiger partial charge in [0.1, 0.15) is 11.8 Å². The Labute approximate surface area is 203 Å². The molecule has 0 spiro atoms. The summed E-state index contributed by atoms with van der Waals surface area (Å²) in [6.07, 6.45) is 4.59. The Balaban J connectivity index is 1.35. The maximum absolute atomic E-state index is 14.4. The Kier molecular flexibility index (Phi) is 7.29. The van der Waals surface area contributed by atoms with Gasteiger partial charge in [-0.25, -0.2) is 19.2 Å². The lowest BCUT2D eigenvalue weighted by Gasteiger charge is -2.19. The van der Waals surface area contributed by atoms with Gasteiger partial charge in [-0.1, -0.05) is 31.2 Å². The van der Waals surface area contributed by atoms with Crippen molar-refractivity contribution in [2.75, 3.05) is 25.1 Å². The maximum atomic E-state index is 14.4. The molecule has 182 valence electrons. The first-order chi connectivity index (χ1) is 16.9. The minimum absolute atomic E-state index is 0.255. The van der Waals surface area contributed by atoms with Crippen LogP contribution in [0.5, 0.6) is 5.75 Å². The fraction of sp³-hybridized carbons (Fsp3) is 0.296. The number of hydrogen-bond acceptors (Lipinski definition) is 5. The lowest BCUT2D eigenvalue weighted by molar-refractivity contribution is -0.140. The average Bonchev–Trinajstić information content (AvgIpc) is 3.29. The molecule has 4 rings (SSSR count). The SMILES string of the molecule is CCc1ccc(-c2ncc(F)c(N(C)CCCOc3ccc4c(ccn4C(C)C(=O)O)c3)n2)cc1. The summed E-state index contributed by atoms with van der Waals surface area (Å²) >= 11 is 0. The monoisotopic (exact) mass is 476 g/mol. The number of fused-ring (bicyclic) bond motifs is 1. The highest BCUT2D eigenvalue weighted by molar-refractivity contribution is 5.84. The number of carbonyl (C=O) groups is 1. The number of ether oxygens (including phenoxy) is 1. The smallest absolute Gasteiger partial charge is 0.326 e. The Bertz CT molecular complexity index is 1320. The van der Waals surface area contributed by atoms with E-state index in [1.54, 1.807) is 29.6 Å². The van der Waals surface area contributed by atoms with E-state index in [9.17, 15) is 14.3 Å². The molecule has 7 nitrogen and oxygen atoms in total. The normalized spacial score (nSPS) is 12.0.